The number of carbonyl (C=O) groups is 1. The van der Waals surface area contributed by atoms with Crippen molar-refractivity contribution in [1.82, 2.24) is 30.4 Å². The van der Waals surface area contributed by atoms with Gasteiger partial charge in [0.15, 0.2) is 0 Å². The number of thioether (sulfide) groups is 1. The molecule has 1 aromatic heterocycles. The maximum Gasteiger partial charge on any atom is 0.230 e. The minimum Gasteiger partial charge on any atom is -0.497 e. The van der Waals surface area contributed by atoms with Crippen LogP contribution in [0.15, 0.2) is 59.8 Å². The Bertz CT molecular complexity index is 963. The van der Waals surface area contributed by atoms with Crippen molar-refractivity contribution in [3.8, 4) is 11.4 Å². The molecule has 1 fully saturated rings. The topological polar surface area (TPSA) is 85.2 Å². The van der Waals surface area contributed by atoms with Crippen LogP contribution in [0.4, 0.5) is 0 Å². The lowest BCUT2D eigenvalue weighted by Gasteiger charge is -2.16. The molecule has 156 valence electrons. The highest BCUT2D eigenvalue weighted by Crippen LogP contribution is 2.20. The first-order valence-corrected chi connectivity index (χ1v) is 10.8. The molecule has 0 aliphatic carbocycles. The highest BCUT2D eigenvalue weighted by Gasteiger charge is 2.24. The SMILES string of the molecule is COc1ccc(-n2nnnc2SCC(=O)NC2CCN(Cc3ccccc3)C2)cc1. The fourth-order valence-electron chi connectivity index (χ4n) is 3.49. The summed E-state index contributed by atoms with van der Waals surface area (Å²) < 4.78 is 6.80. The average molecular weight is 425 g/mol. The molecule has 9 heteroatoms. The number of methoxy groups -OCH3 is 1. The van der Waals surface area contributed by atoms with Crippen LogP contribution in [0, 0.1) is 0 Å². The van der Waals surface area contributed by atoms with Crippen molar-refractivity contribution in [2.45, 2.75) is 24.2 Å². The summed E-state index contributed by atoms with van der Waals surface area (Å²) >= 11 is 1.32. The molecular formula is C21H24N6O2S. The van der Waals surface area contributed by atoms with Gasteiger partial charge >= 0.3 is 0 Å². The molecule has 1 saturated heterocycles. The fraction of sp³-hybridized carbons (Fsp3) is 0.333. The molecule has 2 heterocycles. The van der Waals surface area contributed by atoms with Gasteiger partial charge in [-0.05, 0) is 46.7 Å². The summed E-state index contributed by atoms with van der Waals surface area (Å²) in [6.07, 6.45) is 0.965. The molecule has 4 rings (SSSR count). The average Bonchev–Trinajstić information content (AvgIpc) is 3.42. The van der Waals surface area contributed by atoms with Gasteiger partial charge in [-0.25, -0.2) is 0 Å². The van der Waals surface area contributed by atoms with E-state index in [1.165, 1.54) is 17.3 Å². The number of hydrogen-bond donors (Lipinski definition) is 1. The lowest BCUT2D eigenvalue weighted by atomic mass is 10.2. The quantitative estimate of drug-likeness (QED) is 0.555. The molecule has 0 radical (unpaired) electrons. The number of nitrogens with one attached hydrogen (secondary N) is 1. The number of amides is 1. The van der Waals surface area contributed by atoms with Crippen LogP contribution in [0.3, 0.4) is 0 Å². The van der Waals surface area contributed by atoms with Crippen molar-refractivity contribution in [3.05, 3.63) is 60.2 Å². The summed E-state index contributed by atoms with van der Waals surface area (Å²) in [6, 6.07) is 18.0. The van der Waals surface area contributed by atoms with E-state index in [2.05, 4.69) is 50.0 Å². The monoisotopic (exact) mass is 424 g/mol. The minimum absolute atomic E-state index is 0.00385. The number of ether oxygens (including phenoxy) is 1. The van der Waals surface area contributed by atoms with Crippen molar-refractivity contribution < 1.29 is 9.53 Å². The van der Waals surface area contributed by atoms with Gasteiger partial charge in [0.1, 0.15) is 5.75 Å². The van der Waals surface area contributed by atoms with Crippen molar-refractivity contribution in [3.63, 3.8) is 0 Å². The van der Waals surface area contributed by atoms with Crippen LogP contribution >= 0.6 is 11.8 Å². The Hall–Kier alpha value is -2.91. The molecule has 1 N–H and O–H groups in total. The van der Waals surface area contributed by atoms with Crippen LogP contribution in [-0.4, -0.2) is 63.0 Å². The van der Waals surface area contributed by atoms with E-state index in [1.807, 2.05) is 30.3 Å². The van der Waals surface area contributed by atoms with E-state index in [1.54, 1.807) is 11.8 Å². The Morgan fingerprint density at radius 3 is 2.77 bits per heavy atom. The zero-order valence-corrected chi connectivity index (χ0v) is 17.6. The molecule has 0 spiro atoms. The molecule has 8 nitrogen and oxygen atoms in total. The Labute approximate surface area is 179 Å². The van der Waals surface area contributed by atoms with Crippen LogP contribution in [0.25, 0.3) is 5.69 Å². The molecule has 1 aliphatic rings. The fourth-order valence-corrected chi connectivity index (χ4v) is 4.19. The smallest absolute Gasteiger partial charge is 0.230 e. The summed E-state index contributed by atoms with van der Waals surface area (Å²) in [5.74, 6) is 1.03. The van der Waals surface area contributed by atoms with Gasteiger partial charge in [-0.15, -0.1) is 5.10 Å². The molecule has 3 aromatic rings. The van der Waals surface area contributed by atoms with E-state index in [-0.39, 0.29) is 17.7 Å². The Kier molecular flexibility index (Phi) is 6.60. The molecule has 1 unspecified atom stereocenters. The number of hydrogen-bond acceptors (Lipinski definition) is 7. The lowest BCUT2D eigenvalue weighted by molar-refractivity contribution is -0.119. The second-order valence-corrected chi connectivity index (χ2v) is 8.08. The zero-order chi connectivity index (χ0) is 20.8. The third-order valence-corrected chi connectivity index (χ3v) is 5.90. The molecule has 30 heavy (non-hydrogen) atoms. The van der Waals surface area contributed by atoms with E-state index < -0.39 is 0 Å². The van der Waals surface area contributed by atoms with Crippen LogP contribution in [0.2, 0.25) is 0 Å². The van der Waals surface area contributed by atoms with Gasteiger partial charge in [-0.2, -0.15) is 4.68 Å². The minimum atomic E-state index is -0.00385. The maximum atomic E-state index is 12.4. The largest absolute Gasteiger partial charge is 0.497 e. The van der Waals surface area contributed by atoms with E-state index in [4.69, 9.17) is 4.74 Å². The maximum absolute atomic E-state index is 12.4. The normalized spacial score (nSPS) is 16.5. The molecule has 1 atom stereocenters. The van der Waals surface area contributed by atoms with Crippen LogP contribution in [-0.2, 0) is 11.3 Å². The second kappa shape index (κ2) is 9.73. The third-order valence-electron chi connectivity index (χ3n) is 4.98. The molecule has 2 aromatic carbocycles. The summed E-state index contributed by atoms with van der Waals surface area (Å²) in [5.41, 5.74) is 2.11. The van der Waals surface area contributed by atoms with E-state index in [0.29, 0.717) is 5.16 Å². The highest BCUT2D eigenvalue weighted by atomic mass is 32.2. The van der Waals surface area contributed by atoms with Crippen LogP contribution in [0.1, 0.15) is 12.0 Å². The predicted molar refractivity (Wildman–Crippen MR) is 115 cm³/mol. The summed E-state index contributed by atoms with van der Waals surface area (Å²) in [6.45, 7) is 2.77. The lowest BCUT2D eigenvalue weighted by Crippen LogP contribution is -2.38. The predicted octanol–water partition coefficient (Wildman–Crippen LogP) is 2.15. The first kappa shape index (κ1) is 20.4. The number of tetrazole rings is 1. The number of likely N-dealkylation sites (tertiary alicyclic amines) is 1. The molecule has 0 saturated carbocycles. The van der Waals surface area contributed by atoms with Gasteiger partial charge < -0.3 is 10.1 Å². The summed E-state index contributed by atoms with van der Waals surface area (Å²) in [4.78, 5) is 14.8. The Morgan fingerprint density at radius 1 is 1.20 bits per heavy atom. The van der Waals surface area contributed by atoms with Crippen LogP contribution in [0.5, 0.6) is 5.75 Å². The van der Waals surface area contributed by atoms with Gasteiger partial charge in [-0.1, -0.05) is 42.1 Å². The van der Waals surface area contributed by atoms with Gasteiger partial charge in [0, 0.05) is 25.7 Å². The second-order valence-electron chi connectivity index (χ2n) is 7.13. The van der Waals surface area contributed by atoms with E-state index >= 15 is 0 Å². The first-order chi connectivity index (χ1) is 14.7. The number of nitrogens with zero attached hydrogens (tertiary/aromatic N) is 5. The van der Waals surface area contributed by atoms with Crippen molar-refractivity contribution in [2.75, 3.05) is 26.0 Å². The number of rotatable bonds is 8. The van der Waals surface area contributed by atoms with Gasteiger partial charge in [-0.3, -0.25) is 9.69 Å². The van der Waals surface area contributed by atoms with Gasteiger partial charge in [0.05, 0.1) is 18.6 Å². The highest BCUT2D eigenvalue weighted by molar-refractivity contribution is 7.99. The Balaban J connectivity index is 1.26. The summed E-state index contributed by atoms with van der Waals surface area (Å²) in [7, 11) is 1.62. The zero-order valence-electron chi connectivity index (χ0n) is 16.8. The molecular weight excluding hydrogens is 400 g/mol. The van der Waals surface area contributed by atoms with E-state index in [9.17, 15) is 4.79 Å². The standard InChI is InChI=1S/C21H24N6O2S/c1-29-19-9-7-18(8-10-19)27-21(23-24-25-27)30-15-20(28)22-17-11-12-26(14-17)13-16-5-3-2-4-6-16/h2-10,17H,11-15H2,1H3,(H,22,28). The Morgan fingerprint density at radius 2 is 2.00 bits per heavy atom. The number of aromatic nitrogens is 4. The van der Waals surface area contributed by atoms with Gasteiger partial charge in [0.25, 0.3) is 0 Å². The van der Waals surface area contributed by atoms with Crippen molar-refractivity contribution in [2.24, 2.45) is 0 Å². The number of benzene rings is 2. The van der Waals surface area contributed by atoms with Crippen LogP contribution < -0.4 is 10.1 Å². The van der Waals surface area contributed by atoms with Crippen molar-refractivity contribution in [1.29, 1.82) is 0 Å². The third kappa shape index (κ3) is 5.17. The first-order valence-electron chi connectivity index (χ1n) is 9.82. The molecule has 0 bridgehead atoms. The van der Waals surface area contributed by atoms with Crippen molar-refractivity contribution >= 4 is 17.7 Å². The molecule has 1 aliphatic heterocycles. The van der Waals surface area contributed by atoms with Gasteiger partial charge in [0.2, 0.25) is 11.1 Å². The number of carbonyl (C=O) groups excluding carboxylic acids is 1. The molecule has 1 amide bonds. The van der Waals surface area contributed by atoms with E-state index in [0.717, 1.165) is 37.5 Å². The summed E-state index contributed by atoms with van der Waals surface area (Å²) in [5, 5.41) is 15.5.